The number of nitrogens with zero attached hydrogens (tertiary/aromatic N) is 12. The quantitative estimate of drug-likeness (QED) is 0.0866. The number of carboxylic acid groups (broad SMARTS) is 12. The minimum Gasteiger partial charge on any atom is -0.549 e. The normalized spacial score (nSPS) is 18.5. The van der Waals surface area contributed by atoms with E-state index in [0.29, 0.717) is 38.5 Å². The monoisotopic (exact) mass is 1830 g/mol. The Labute approximate surface area is 636 Å². The maximum atomic E-state index is 11.3. The fraction of sp³-hybridized carbons (Fsp3) is 0.750. The third-order valence-electron chi connectivity index (χ3n) is 12.5. The van der Waals surface area contributed by atoms with E-state index in [1.54, 1.807) is 0 Å². The average molecular weight is 1830 g/mol. The van der Waals surface area contributed by atoms with Gasteiger partial charge >= 0.3 is 160 Å². The predicted octanol–water partition coefficient (Wildman–Crippen LogP) is -17.1. The molecule has 500 valence electrons. The van der Waals surface area contributed by atoms with E-state index in [2.05, 4.69) is 0 Å². The second-order valence-corrected chi connectivity index (χ2v) is 19.3. The molecule has 4 radical (unpaired) electrons. The van der Waals surface area contributed by atoms with Gasteiger partial charge in [0.1, 0.15) is 0 Å². The van der Waals surface area contributed by atoms with Crippen molar-refractivity contribution in [3.05, 3.63) is 0 Å². The molecule has 0 atom stereocenters. The van der Waals surface area contributed by atoms with Crippen LogP contribution < -0.4 is 61.3 Å². The second-order valence-electron chi connectivity index (χ2n) is 19.3. The van der Waals surface area contributed by atoms with Crippen molar-refractivity contribution in [1.82, 2.24) is 60.8 Å². The molecule has 0 N–H and O–H groups in total. The molecule has 0 amide bonds. The molecule has 3 rings (SSSR count). The number of carbonyl (C=O) groups excluding carboxylic acids is 12. The Morgan fingerprint density at radius 3 is 0.352 bits per heavy atom. The van der Waals surface area contributed by atoms with Crippen LogP contribution in [0.15, 0.2) is 0 Å². The average Bonchev–Trinajstić information content (AvgIpc) is 2.04. The number of hydrazine groups is 9. The van der Waals surface area contributed by atoms with E-state index in [9.17, 15) is 119 Å². The van der Waals surface area contributed by atoms with Gasteiger partial charge in [-0.25, -0.2) is 30.1 Å². The Morgan fingerprint density at radius 1 is 0.170 bits per heavy atom. The first-order valence-corrected chi connectivity index (χ1v) is 27.1. The zero-order chi connectivity index (χ0) is 63.3. The fourth-order valence-corrected chi connectivity index (χ4v) is 9.10. The third-order valence-corrected chi connectivity index (χ3v) is 12.5. The standard InChI is InChI=1S/3C16H28N4O8.4Gd/c3*21-13(22)9-17-7-5-3-1-2-4-6-8-18(10-14(23)24)20(12-16(27)28)19(17)11-15(25)26;;;;/h3*1-12H2,(H,21,22)(H,23,24)(H,25,26)(H,27,28);;;;/q;;;4*+3/p-12. The van der Waals surface area contributed by atoms with Crippen molar-refractivity contribution in [1.29, 1.82) is 0 Å². The molecule has 3 aliphatic rings. The molecule has 0 aliphatic carbocycles. The zero-order valence-corrected chi connectivity index (χ0v) is 57.1. The van der Waals surface area contributed by atoms with E-state index in [-0.39, 0.29) is 199 Å². The van der Waals surface area contributed by atoms with Crippen molar-refractivity contribution in [2.75, 3.05) is 118 Å². The summed E-state index contributed by atoms with van der Waals surface area (Å²) in [5.41, 5.74) is 0. The summed E-state index contributed by atoms with van der Waals surface area (Å²) in [4.78, 5) is 134. The van der Waals surface area contributed by atoms with Crippen LogP contribution in [-0.4, -0.2) is 250 Å². The summed E-state index contributed by atoms with van der Waals surface area (Å²) in [5.74, 6) is -18.7. The van der Waals surface area contributed by atoms with Crippen LogP contribution >= 0.6 is 0 Å². The van der Waals surface area contributed by atoms with Crippen LogP contribution in [0.3, 0.4) is 0 Å². The molecule has 3 saturated heterocycles. The van der Waals surface area contributed by atoms with Crippen molar-refractivity contribution in [2.45, 2.75) is 116 Å². The van der Waals surface area contributed by atoms with Crippen LogP contribution in [0.4, 0.5) is 0 Å². The van der Waals surface area contributed by atoms with Crippen molar-refractivity contribution < 1.29 is 279 Å². The molecule has 0 unspecified atom stereocenters. The van der Waals surface area contributed by atoms with Crippen molar-refractivity contribution in [3.8, 4) is 0 Å². The largest absolute Gasteiger partial charge is 3.00 e. The first-order valence-electron chi connectivity index (χ1n) is 27.1. The van der Waals surface area contributed by atoms with Gasteiger partial charge in [-0.1, -0.05) is 77.0 Å². The summed E-state index contributed by atoms with van der Waals surface area (Å²) in [6.45, 7) is -8.98. The molecule has 0 spiro atoms. The zero-order valence-electron chi connectivity index (χ0n) is 48.0. The number of rotatable bonds is 24. The summed E-state index contributed by atoms with van der Waals surface area (Å²) < 4.78 is 0. The van der Waals surface area contributed by atoms with E-state index in [0.717, 1.165) is 138 Å². The minimum absolute atomic E-state index is 0. The predicted molar refractivity (Wildman–Crippen MR) is 253 cm³/mol. The van der Waals surface area contributed by atoms with Crippen LogP contribution in [0.1, 0.15) is 116 Å². The molecular weight excluding hydrogens is 1760 g/mol. The summed E-state index contributed by atoms with van der Waals surface area (Å²) >= 11 is 0. The maximum Gasteiger partial charge on any atom is 3.00 e. The fourth-order valence-electron chi connectivity index (χ4n) is 9.10. The molecule has 0 aromatic carbocycles. The van der Waals surface area contributed by atoms with Crippen LogP contribution in [0.5, 0.6) is 0 Å². The van der Waals surface area contributed by atoms with E-state index in [4.69, 9.17) is 0 Å². The van der Waals surface area contributed by atoms with E-state index in [1.165, 1.54) is 0 Å². The van der Waals surface area contributed by atoms with Crippen LogP contribution in [0.2, 0.25) is 0 Å². The van der Waals surface area contributed by atoms with Gasteiger partial charge in [0.15, 0.2) is 0 Å². The summed E-state index contributed by atoms with van der Waals surface area (Å²) in [6.07, 6.45) is 13.0. The van der Waals surface area contributed by atoms with Crippen LogP contribution in [0.25, 0.3) is 0 Å². The smallest absolute Gasteiger partial charge is 0.549 e. The first-order chi connectivity index (χ1) is 39.6. The molecule has 3 aliphatic heterocycles. The Morgan fingerprint density at radius 2 is 0.261 bits per heavy atom. The second kappa shape index (κ2) is 53.8. The molecule has 36 nitrogen and oxygen atoms in total. The Hall–Kier alpha value is -1.54. The van der Waals surface area contributed by atoms with Gasteiger partial charge in [0, 0.05) is 39.3 Å². The van der Waals surface area contributed by atoms with E-state index in [1.807, 2.05) is 0 Å². The SMILES string of the molecule is O=C([O-])CN1CCCCCCCCN(CC(=O)[O-])N(CC(=O)[O-])N1CC(=O)[O-].O=C([O-])CN1CCCCCCCCN(CC(=O)[O-])N(CC(=O)[O-])N1CC(=O)[O-].O=C([O-])CN1CCCCCCCCN(CC(=O)[O-])N(CC(=O)[O-])N1CC(=O)[O-].[Gd+3].[Gd+3].[Gd+3].[Gd+3]. The number of carbonyl (C=O) groups is 12. The summed E-state index contributed by atoms with van der Waals surface area (Å²) in [7, 11) is 0. The Balaban J connectivity index is -0.000000588. The molecule has 3 fully saturated rings. The van der Waals surface area contributed by atoms with Gasteiger partial charge in [-0.15, -0.1) is 0 Å². The van der Waals surface area contributed by atoms with Gasteiger partial charge in [0.25, 0.3) is 0 Å². The molecule has 3 heterocycles. The maximum absolute atomic E-state index is 11.3. The summed E-state index contributed by atoms with van der Waals surface area (Å²) in [6, 6.07) is 0. The Kier molecular flexibility index (Phi) is 56.8. The van der Waals surface area contributed by atoms with E-state index < -0.39 is 150 Å². The molecule has 0 aromatic heterocycles. The molecule has 0 bridgehead atoms. The van der Waals surface area contributed by atoms with Crippen molar-refractivity contribution in [2.24, 2.45) is 0 Å². The molecule has 88 heavy (non-hydrogen) atoms. The Bertz CT molecular complexity index is 1780. The molecule has 0 saturated carbocycles. The van der Waals surface area contributed by atoms with Gasteiger partial charge < -0.3 is 119 Å². The topological polar surface area (TPSA) is 520 Å². The first kappa shape index (κ1) is 92.9. The van der Waals surface area contributed by atoms with Crippen LogP contribution in [0, 0.1) is 160 Å². The van der Waals surface area contributed by atoms with Crippen LogP contribution in [-0.2, 0) is 57.5 Å². The van der Waals surface area contributed by atoms with Gasteiger partial charge in [-0.05, 0) is 38.5 Å². The molecule has 40 heteroatoms. The number of hydrogen-bond acceptors (Lipinski definition) is 36. The third kappa shape index (κ3) is 44.1. The van der Waals surface area contributed by atoms with E-state index >= 15 is 0 Å². The van der Waals surface area contributed by atoms with Crippen molar-refractivity contribution >= 4 is 71.6 Å². The number of hydrogen-bond donors (Lipinski definition) is 0. The number of aliphatic carboxylic acids is 12. The van der Waals surface area contributed by atoms with Gasteiger partial charge in [-0.3, -0.25) is 0 Å². The van der Waals surface area contributed by atoms with Gasteiger partial charge in [0.2, 0.25) is 0 Å². The van der Waals surface area contributed by atoms with Crippen molar-refractivity contribution in [3.63, 3.8) is 0 Å². The van der Waals surface area contributed by atoms with Gasteiger partial charge in [-0.2, -0.15) is 30.7 Å². The number of carboxylic acids is 12. The van der Waals surface area contributed by atoms with Gasteiger partial charge in [0.05, 0.1) is 150 Å². The molecular formula is C48H72Gd4N12O24. The molecule has 0 aromatic rings. The summed E-state index contributed by atoms with van der Waals surface area (Å²) in [5, 5.41) is 146. The minimum atomic E-state index is -1.60.